The Bertz CT molecular complexity index is 94.1. The molecule has 1 nitrogen and oxygen atoms in total. The summed E-state index contributed by atoms with van der Waals surface area (Å²) in [7, 11) is 0. The maximum Gasteiger partial charge on any atom is 0.121 e. The van der Waals surface area contributed by atoms with Crippen molar-refractivity contribution in [2.24, 2.45) is 0 Å². The molecule has 0 bridgehead atoms. The van der Waals surface area contributed by atoms with Crippen molar-refractivity contribution in [1.29, 1.82) is 0 Å². The van der Waals surface area contributed by atoms with E-state index in [1.54, 1.807) is 0 Å². The van der Waals surface area contributed by atoms with Gasteiger partial charge in [0.2, 0.25) is 0 Å². The fourth-order valence-electron chi connectivity index (χ4n) is 1.23. The first-order valence-electron chi connectivity index (χ1n) is 5.49. The van der Waals surface area contributed by atoms with Gasteiger partial charge in [0.05, 0.1) is 6.61 Å². The van der Waals surface area contributed by atoms with E-state index in [2.05, 4.69) is 6.92 Å². The predicted octanol–water partition coefficient (Wildman–Crippen LogP) is 3.72. The van der Waals surface area contributed by atoms with Crippen LogP contribution in [0.25, 0.3) is 0 Å². The molecule has 0 aromatic carbocycles. The van der Waals surface area contributed by atoms with Gasteiger partial charge in [0.25, 0.3) is 0 Å². The minimum Gasteiger partial charge on any atom is -0.378 e. The molecule has 0 fully saturated rings. The number of hydrogen-bond acceptors (Lipinski definition) is 1. The van der Waals surface area contributed by atoms with Gasteiger partial charge in [-0.3, -0.25) is 0 Å². The number of ether oxygens (including phenoxy) is 1. The molecule has 13 heavy (non-hydrogen) atoms. The van der Waals surface area contributed by atoms with E-state index >= 15 is 0 Å². The molecule has 80 valence electrons. The summed E-state index contributed by atoms with van der Waals surface area (Å²) < 4.78 is 17.4. The van der Waals surface area contributed by atoms with E-state index in [0.717, 1.165) is 13.0 Å². The van der Waals surface area contributed by atoms with Gasteiger partial charge in [-0.2, -0.15) is 0 Å². The maximum atomic E-state index is 12.3. The molecule has 0 radical (unpaired) electrons. The van der Waals surface area contributed by atoms with Gasteiger partial charge in [0.1, 0.15) is 6.17 Å². The van der Waals surface area contributed by atoms with Gasteiger partial charge in [-0.25, -0.2) is 4.39 Å². The largest absolute Gasteiger partial charge is 0.378 e. The first-order valence-corrected chi connectivity index (χ1v) is 5.49. The summed E-state index contributed by atoms with van der Waals surface area (Å²) in [6.45, 7) is 4.72. The Morgan fingerprint density at radius 2 is 1.69 bits per heavy atom. The van der Waals surface area contributed by atoms with Crippen LogP contribution >= 0.6 is 0 Å². The van der Waals surface area contributed by atoms with Gasteiger partial charge in [0.15, 0.2) is 0 Å². The zero-order valence-corrected chi connectivity index (χ0v) is 9.02. The summed E-state index contributed by atoms with van der Waals surface area (Å²) in [6.07, 6.45) is 6.73. The van der Waals surface area contributed by atoms with Gasteiger partial charge in [-0.05, 0) is 13.3 Å². The van der Waals surface area contributed by atoms with Crippen LogP contribution in [0.15, 0.2) is 0 Å². The number of alkyl halides is 1. The fraction of sp³-hybridized carbons (Fsp3) is 1.00. The molecule has 1 atom stereocenters. The predicted molar refractivity (Wildman–Crippen MR) is 54.8 cm³/mol. The molecule has 0 aliphatic heterocycles. The van der Waals surface area contributed by atoms with E-state index in [9.17, 15) is 4.39 Å². The molecule has 0 saturated heterocycles. The summed E-state index contributed by atoms with van der Waals surface area (Å²) in [5.74, 6) is 0. The zero-order chi connectivity index (χ0) is 9.94. The average Bonchev–Trinajstić information content (AvgIpc) is 2.09. The molecule has 0 aromatic heterocycles. The minimum atomic E-state index is -0.819. The van der Waals surface area contributed by atoms with Gasteiger partial charge in [-0.1, -0.05) is 39.0 Å². The van der Waals surface area contributed by atoms with Crippen molar-refractivity contribution in [3.8, 4) is 0 Å². The summed E-state index contributed by atoms with van der Waals surface area (Å²) in [5, 5.41) is 0. The van der Waals surface area contributed by atoms with E-state index in [1.165, 1.54) is 39.0 Å². The van der Waals surface area contributed by atoms with Gasteiger partial charge >= 0.3 is 0 Å². The third-order valence-corrected chi connectivity index (χ3v) is 1.99. The summed E-state index contributed by atoms with van der Waals surface area (Å²) in [5.41, 5.74) is 0. The van der Waals surface area contributed by atoms with E-state index < -0.39 is 6.17 Å². The number of hydrogen-bond donors (Lipinski definition) is 0. The van der Waals surface area contributed by atoms with Crippen molar-refractivity contribution >= 4 is 0 Å². The molecule has 0 saturated carbocycles. The molecule has 0 rings (SSSR count). The Morgan fingerprint density at radius 3 is 2.31 bits per heavy atom. The lowest BCUT2D eigenvalue weighted by molar-refractivity contribution is 0.0846. The van der Waals surface area contributed by atoms with Crippen LogP contribution in [0.2, 0.25) is 0 Å². The molecular formula is C11H23FO. The van der Waals surface area contributed by atoms with Gasteiger partial charge in [-0.15, -0.1) is 0 Å². The molecule has 0 aliphatic carbocycles. The summed E-state index contributed by atoms with van der Waals surface area (Å²) in [4.78, 5) is 0. The van der Waals surface area contributed by atoms with Crippen molar-refractivity contribution in [2.75, 3.05) is 13.2 Å². The number of halogens is 1. The van der Waals surface area contributed by atoms with Gasteiger partial charge < -0.3 is 4.74 Å². The van der Waals surface area contributed by atoms with Crippen molar-refractivity contribution in [3.63, 3.8) is 0 Å². The number of unbranched alkanes of at least 4 members (excludes halogenated alkanes) is 5. The van der Waals surface area contributed by atoms with Crippen molar-refractivity contribution in [2.45, 2.75) is 58.5 Å². The molecule has 2 heteroatoms. The highest BCUT2D eigenvalue weighted by Crippen LogP contribution is 2.05. The highest BCUT2D eigenvalue weighted by Gasteiger charge is 1.96. The van der Waals surface area contributed by atoms with Crippen molar-refractivity contribution < 1.29 is 9.13 Å². The third-order valence-electron chi connectivity index (χ3n) is 1.99. The summed E-state index contributed by atoms with van der Waals surface area (Å²) >= 11 is 0. The zero-order valence-electron chi connectivity index (χ0n) is 9.02. The van der Waals surface area contributed by atoms with E-state index in [4.69, 9.17) is 4.74 Å². The van der Waals surface area contributed by atoms with E-state index in [0.29, 0.717) is 0 Å². The van der Waals surface area contributed by atoms with Crippen LogP contribution in [-0.2, 0) is 4.74 Å². The molecule has 1 unspecified atom stereocenters. The Labute approximate surface area is 81.7 Å². The van der Waals surface area contributed by atoms with Crippen LogP contribution in [0.5, 0.6) is 0 Å². The second kappa shape index (κ2) is 9.97. The molecule has 0 aliphatic rings. The van der Waals surface area contributed by atoms with Crippen LogP contribution < -0.4 is 0 Å². The topological polar surface area (TPSA) is 9.23 Å². The van der Waals surface area contributed by atoms with Gasteiger partial charge in [0, 0.05) is 6.61 Å². The lowest BCUT2D eigenvalue weighted by atomic mass is 10.1. The monoisotopic (exact) mass is 190 g/mol. The highest BCUT2D eigenvalue weighted by molar-refractivity contribution is 4.45. The van der Waals surface area contributed by atoms with Crippen LogP contribution in [-0.4, -0.2) is 19.4 Å². The normalized spacial score (nSPS) is 13.2. The molecular weight excluding hydrogens is 167 g/mol. The Balaban J connectivity index is 2.84. The second-order valence-electron chi connectivity index (χ2n) is 3.62. The van der Waals surface area contributed by atoms with Crippen LogP contribution in [0.4, 0.5) is 4.39 Å². The highest BCUT2D eigenvalue weighted by atomic mass is 19.1. The lowest BCUT2D eigenvalue weighted by Gasteiger charge is -2.04. The SMILES string of the molecule is CCCCCCCCOCC(C)F. The second-order valence-corrected chi connectivity index (χ2v) is 3.62. The third kappa shape index (κ3) is 11.9. The smallest absolute Gasteiger partial charge is 0.121 e. The van der Waals surface area contributed by atoms with Crippen molar-refractivity contribution in [3.05, 3.63) is 0 Å². The molecule has 0 N–H and O–H groups in total. The number of rotatable bonds is 9. The first-order chi connectivity index (χ1) is 6.27. The van der Waals surface area contributed by atoms with Crippen LogP contribution in [0, 0.1) is 0 Å². The average molecular weight is 190 g/mol. The maximum absolute atomic E-state index is 12.3. The Morgan fingerprint density at radius 1 is 1.08 bits per heavy atom. The Hall–Kier alpha value is -0.110. The standard InChI is InChI=1S/C11H23FO/c1-3-4-5-6-7-8-9-13-10-11(2)12/h11H,3-10H2,1-2H3. The van der Waals surface area contributed by atoms with Crippen molar-refractivity contribution in [1.82, 2.24) is 0 Å². The van der Waals surface area contributed by atoms with E-state index in [1.807, 2.05) is 0 Å². The first kappa shape index (κ1) is 12.9. The molecule has 0 aromatic rings. The Kier molecular flexibility index (Phi) is 9.89. The lowest BCUT2D eigenvalue weighted by Crippen LogP contribution is -2.06. The molecule has 0 spiro atoms. The van der Waals surface area contributed by atoms with E-state index in [-0.39, 0.29) is 6.61 Å². The van der Waals surface area contributed by atoms with Crippen LogP contribution in [0.1, 0.15) is 52.4 Å². The minimum absolute atomic E-state index is 0.259. The quantitative estimate of drug-likeness (QED) is 0.503. The molecule has 0 heterocycles. The van der Waals surface area contributed by atoms with Crippen LogP contribution in [0.3, 0.4) is 0 Å². The fourth-order valence-corrected chi connectivity index (χ4v) is 1.23. The summed E-state index contributed by atoms with van der Waals surface area (Å²) in [6, 6.07) is 0. The molecule has 0 amide bonds.